The van der Waals surface area contributed by atoms with Gasteiger partial charge in [0.05, 0.1) is 31.5 Å². The van der Waals surface area contributed by atoms with Gasteiger partial charge in [0, 0.05) is 42.6 Å². The molecule has 9 heteroatoms. The van der Waals surface area contributed by atoms with Gasteiger partial charge in [-0.2, -0.15) is 5.10 Å². The second-order valence-corrected chi connectivity index (χ2v) is 7.24. The van der Waals surface area contributed by atoms with Crippen LogP contribution in [0.5, 0.6) is 11.5 Å². The predicted octanol–water partition coefficient (Wildman–Crippen LogP) is 2.79. The molecule has 31 heavy (non-hydrogen) atoms. The average Bonchev–Trinajstić information content (AvgIpc) is 3.36. The first kappa shape index (κ1) is 20.4. The van der Waals surface area contributed by atoms with Crippen LogP contribution in [0.25, 0.3) is 11.3 Å². The Balaban J connectivity index is 1.50. The molecule has 1 aliphatic rings. The molecule has 0 spiro atoms. The van der Waals surface area contributed by atoms with Crippen LogP contribution in [0, 0.1) is 12.8 Å². The number of ether oxygens (including phenoxy) is 2. The second kappa shape index (κ2) is 8.47. The normalized spacial score (nSPS) is 15.8. The number of pyridine rings is 1. The minimum atomic E-state index is -0.510. The Kier molecular flexibility index (Phi) is 5.57. The van der Waals surface area contributed by atoms with Crippen LogP contribution in [0.3, 0.4) is 0 Å². The van der Waals surface area contributed by atoms with E-state index in [2.05, 4.69) is 20.5 Å². The topological polar surface area (TPSA) is 109 Å². The molecule has 0 saturated carbocycles. The molecule has 2 amide bonds. The largest absolute Gasteiger partial charge is 0.497 e. The number of hydrogen-bond donors (Lipinski definition) is 2. The number of benzene rings is 1. The molecule has 3 aromatic rings. The molecule has 1 unspecified atom stereocenters. The summed E-state index contributed by atoms with van der Waals surface area (Å²) in [7, 11) is 3.09. The zero-order valence-corrected chi connectivity index (χ0v) is 17.5. The standard InChI is InChI=1S/C22H23N5O4/c1-13-20(14-6-8-23-9-7-14)25-26-21(13)24-22(29)15-10-19(28)27(12-15)17-11-16(30-2)4-5-18(17)31-3/h4-9,11,15H,10,12H2,1-3H3,(H2,24,25,26,29). The molecule has 4 rings (SSSR count). The number of nitrogens with zero attached hydrogens (tertiary/aromatic N) is 3. The summed E-state index contributed by atoms with van der Waals surface area (Å²) < 4.78 is 10.7. The highest BCUT2D eigenvalue weighted by atomic mass is 16.5. The van der Waals surface area contributed by atoms with Crippen molar-refractivity contribution < 1.29 is 19.1 Å². The van der Waals surface area contributed by atoms with E-state index < -0.39 is 5.92 Å². The van der Waals surface area contributed by atoms with Gasteiger partial charge >= 0.3 is 0 Å². The van der Waals surface area contributed by atoms with Crippen LogP contribution in [0.15, 0.2) is 42.7 Å². The number of carbonyl (C=O) groups is 2. The average molecular weight is 421 g/mol. The predicted molar refractivity (Wildman–Crippen MR) is 115 cm³/mol. The lowest BCUT2D eigenvalue weighted by atomic mass is 10.1. The molecule has 1 saturated heterocycles. The third kappa shape index (κ3) is 3.94. The van der Waals surface area contributed by atoms with Gasteiger partial charge in [-0.25, -0.2) is 0 Å². The van der Waals surface area contributed by atoms with Crippen molar-refractivity contribution in [2.45, 2.75) is 13.3 Å². The number of amides is 2. The highest BCUT2D eigenvalue weighted by Crippen LogP contribution is 2.36. The molecule has 1 aromatic carbocycles. The van der Waals surface area contributed by atoms with Gasteiger partial charge in [0.1, 0.15) is 11.5 Å². The van der Waals surface area contributed by atoms with Gasteiger partial charge in [-0.15, -0.1) is 0 Å². The van der Waals surface area contributed by atoms with Crippen LogP contribution in [-0.4, -0.2) is 47.8 Å². The summed E-state index contributed by atoms with van der Waals surface area (Å²) in [6.45, 7) is 2.12. The summed E-state index contributed by atoms with van der Waals surface area (Å²) in [5, 5.41) is 10.0. The van der Waals surface area contributed by atoms with E-state index >= 15 is 0 Å². The van der Waals surface area contributed by atoms with Crippen LogP contribution in [0.4, 0.5) is 11.5 Å². The zero-order chi connectivity index (χ0) is 22.0. The molecule has 2 N–H and O–H groups in total. The number of rotatable bonds is 6. The number of aromatic nitrogens is 3. The van der Waals surface area contributed by atoms with Gasteiger partial charge in [0.15, 0.2) is 5.82 Å². The number of anilines is 2. The third-order valence-corrected chi connectivity index (χ3v) is 5.39. The first-order valence-electron chi connectivity index (χ1n) is 9.80. The van der Waals surface area contributed by atoms with E-state index in [1.807, 2.05) is 19.1 Å². The minimum absolute atomic E-state index is 0.104. The number of aromatic amines is 1. The number of nitrogens with one attached hydrogen (secondary N) is 2. The Morgan fingerprint density at radius 3 is 2.68 bits per heavy atom. The summed E-state index contributed by atoms with van der Waals surface area (Å²) in [6.07, 6.45) is 3.49. The molecule has 160 valence electrons. The fourth-order valence-electron chi connectivity index (χ4n) is 3.66. The molecule has 0 aliphatic carbocycles. The van der Waals surface area contributed by atoms with Gasteiger partial charge in [-0.05, 0) is 31.2 Å². The van der Waals surface area contributed by atoms with Crippen LogP contribution >= 0.6 is 0 Å². The molecule has 1 atom stereocenters. The van der Waals surface area contributed by atoms with E-state index in [1.165, 1.54) is 7.11 Å². The summed E-state index contributed by atoms with van der Waals surface area (Å²) in [4.78, 5) is 31.2. The fraction of sp³-hybridized carbons (Fsp3) is 0.273. The number of hydrogen-bond acceptors (Lipinski definition) is 6. The second-order valence-electron chi connectivity index (χ2n) is 7.24. The van der Waals surface area contributed by atoms with Crippen LogP contribution in [-0.2, 0) is 9.59 Å². The van der Waals surface area contributed by atoms with E-state index in [1.54, 1.807) is 42.6 Å². The van der Waals surface area contributed by atoms with Gasteiger partial charge in [-0.3, -0.25) is 19.7 Å². The molecule has 3 heterocycles. The molecule has 0 bridgehead atoms. The molecular weight excluding hydrogens is 398 g/mol. The lowest BCUT2D eigenvalue weighted by molar-refractivity contribution is -0.122. The summed E-state index contributed by atoms with van der Waals surface area (Å²) in [6, 6.07) is 8.95. The highest BCUT2D eigenvalue weighted by Gasteiger charge is 2.37. The molecular formula is C22H23N5O4. The van der Waals surface area contributed by atoms with E-state index in [0.29, 0.717) is 23.0 Å². The summed E-state index contributed by atoms with van der Waals surface area (Å²) in [5.41, 5.74) is 3.13. The van der Waals surface area contributed by atoms with Crippen molar-refractivity contribution in [1.82, 2.24) is 15.2 Å². The third-order valence-electron chi connectivity index (χ3n) is 5.39. The zero-order valence-electron chi connectivity index (χ0n) is 17.5. The quantitative estimate of drug-likeness (QED) is 0.633. The molecule has 1 fully saturated rings. The number of H-pyrrole nitrogens is 1. The van der Waals surface area contributed by atoms with Gasteiger partial charge in [0.25, 0.3) is 0 Å². The Bertz CT molecular complexity index is 1110. The Hall–Kier alpha value is -3.88. The van der Waals surface area contributed by atoms with Crippen molar-refractivity contribution in [2.75, 3.05) is 31.0 Å². The number of methoxy groups -OCH3 is 2. The monoisotopic (exact) mass is 421 g/mol. The number of carbonyl (C=O) groups excluding carboxylic acids is 2. The van der Waals surface area contributed by atoms with Crippen molar-refractivity contribution in [1.29, 1.82) is 0 Å². The lowest BCUT2D eigenvalue weighted by Crippen LogP contribution is -2.28. The van der Waals surface area contributed by atoms with Gasteiger partial charge in [0.2, 0.25) is 11.8 Å². The molecule has 9 nitrogen and oxygen atoms in total. The van der Waals surface area contributed by atoms with Crippen molar-refractivity contribution in [3.05, 3.63) is 48.3 Å². The first-order valence-corrected chi connectivity index (χ1v) is 9.80. The summed E-state index contributed by atoms with van der Waals surface area (Å²) >= 11 is 0. The lowest BCUT2D eigenvalue weighted by Gasteiger charge is -2.20. The Labute approximate surface area is 179 Å². The molecule has 2 aromatic heterocycles. The Morgan fingerprint density at radius 2 is 1.97 bits per heavy atom. The first-order chi connectivity index (χ1) is 15.0. The van der Waals surface area contributed by atoms with Crippen molar-refractivity contribution >= 4 is 23.3 Å². The van der Waals surface area contributed by atoms with E-state index in [-0.39, 0.29) is 24.8 Å². The van der Waals surface area contributed by atoms with Crippen LogP contribution in [0.2, 0.25) is 0 Å². The molecule has 0 radical (unpaired) electrons. The summed E-state index contributed by atoms with van der Waals surface area (Å²) in [5.74, 6) is 0.676. The van der Waals surface area contributed by atoms with E-state index in [0.717, 1.165) is 16.8 Å². The van der Waals surface area contributed by atoms with E-state index in [9.17, 15) is 9.59 Å². The smallest absolute Gasteiger partial charge is 0.231 e. The van der Waals surface area contributed by atoms with Crippen molar-refractivity contribution in [2.24, 2.45) is 5.92 Å². The maximum absolute atomic E-state index is 12.9. The molecule has 1 aliphatic heterocycles. The van der Waals surface area contributed by atoms with Gasteiger partial charge in [-0.1, -0.05) is 0 Å². The SMILES string of the molecule is COc1ccc(OC)c(N2CC(C(=O)Nc3n[nH]c(-c4ccncc4)c3C)CC2=O)c1. The van der Waals surface area contributed by atoms with Crippen LogP contribution in [0.1, 0.15) is 12.0 Å². The van der Waals surface area contributed by atoms with Crippen molar-refractivity contribution in [3.63, 3.8) is 0 Å². The van der Waals surface area contributed by atoms with Gasteiger partial charge < -0.3 is 19.7 Å². The highest BCUT2D eigenvalue weighted by molar-refractivity contribution is 6.04. The minimum Gasteiger partial charge on any atom is -0.497 e. The Morgan fingerprint density at radius 1 is 1.19 bits per heavy atom. The van der Waals surface area contributed by atoms with Crippen LogP contribution < -0.4 is 19.7 Å². The van der Waals surface area contributed by atoms with Crippen molar-refractivity contribution in [3.8, 4) is 22.8 Å². The van der Waals surface area contributed by atoms with E-state index in [4.69, 9.17) is 9.47 Å². The maximum Gasteiger partial charge on any atom is 0.231 e. The fourth-order valence-corrected chi connectivity index (χ4v) is 3.66. The maximum atomic E-state index is 12.9.